The van der Waals surface area contributed by atoms with Crippen molar-refractivity contribution in [3.05, 3.63) is 95.8 Å². The minimum Gasteiger partial charge on any atom is -0.372 e. The van der Waals surface area contributed by atoms with E-state index in [4.69, 9.17) is 11.5 Å². The lowest BCUT2D eigenvalue weighted by Gasteiger charge is -2.29. The molecule has 0 atom stereocenters. The SMILES string of the molecule is NC(=O)c1cccc(C(N)=O)c1-c1ccc(N2CCCCC2)cc1C(=O)Nc1cnc(-c2ccccc2)nc1. The van der Waals surface area contributed by atoms with Gasteiger partial charge in [0.15, 0.2) is 5.82 Å². The molecule has 0 radical (unpaired) electrons. The van der Waals surface area contributed by atoms with Crippen LogP contribution in [0.1, 0.15) is 50.3 Å². The number of aromatic nitrogens is 2. The van der Waals surface area contributed by atoms with Crippen LogP contribution in [0.2, 0.25) is 0 Å². The summed E-state index contributed by atoms with van der Waals surface area (Å²) in [5.74, 6) is -1.38. The molecule has 9 heteroatoms. The van der Waals surface area contributed by atoms with E-state index in [1.807, 2.05) is 36.4 Å². The van der Waals surface area contributed by atoms with E-state index in [0.717, 1.165) is 43.6 Å². The van der Waals surface area contributed by atoms with Crippen LogP contribution < -0.4 is 21.7 Å². The van der Waals surface area contributed by atoms with Crippen molar-refractivity contribution in [3.8, 4) is 22.5 Å². The molecule has 3 amide bonds. The third-order valence-corrected chi connectivity index (χ3v) is 6.78. The molecule has 4 aromatic rings. The topological polar surface area (TPSA) is 144 Å². The van der Waals surface area contributed by atoms with Crippen LogP contribution in [0.25, 0.3) is 22.5 Å². The number of nitrogens with one attached hydrogen (secondary N) is 1. The number of anilines is 2. The van der Waals surface area contributed by atoms with Crippen LogP contribution in [-0.2, 0) is 0 Å². The summed E-state index contributed by atoms with van der Waals surface area (Å²) in [7, 11) is 0. The highest BCUT2D eigenvalue weighted by atomic mass is 16.2. The zero-order valence-electron chi connectivity index (χ0n) is 21.3. The molecule has 1 aliphatic heterocycles. The molecule has 1 aromatic heterocycles. The number of hydrogen-bond donors (Lipinski definition) is 3. The fourth-order valence-electron chi connectivity index (χ4n) is 4.87. The summed E-state index contributed by atoms with van der Waals surface area (Å²) >= 11 is 0. The van der Waals surface area contributed by atoms with Crippen LogP contribution in [0.4, 0.5) is 11.4 Å². The first-order chi connectivity index (χ1) is 18.9. The molecule has 5 rings (SSSR count). The third-order valence-electron chi connectivity index (χ3n) is 6.78. The molecule has 0 bridgehead atoms. The monoisotopic (exact) mass is 520 g/mol. The fourth-order valence-corrected chi connectivity index (χ4v) is 4.87. The second-order valence-electron chi connectivity index (χ2n) is 9.35. The Hall–Kier alpha value is -5.05. The molecular formula is C30H28N6O3. The zero-order chi connectivity index (χ0) is 27.4. The van der Waals surface area contributed by atoms with E-state index in [9.17, 15) is 14.4 Å². The number of nitrogens with zero attached hydrogens (tertiary/aromatic N) is 3. The largest absolute Gasteiger partial charge is 0.372 e. The Bertz CT molecular complexity index is 1500. The van der Waals surface area contributed by atoms with E-state index >= 15 is 0 Å². The van der Waals surface area contributed by atoms with Gasteiger partial charge in [-0.25, -0.2) is 9.97 Å². The summed E-state index contributed by atoms with van der Waals surface area (Å²) in [6.07, 6.45) is 6.35. The van der Waals surface area contributed by atoms with E-state index in [1.54, 1.807) is 12.1 Å². The van der Waals surface area contributed by atoms with Gasteiger partial charge in [-0.1, -0.05) is 42.5 Å². The average molecular weight is 521 g/mol. The maximum atomic E-state index is 13.7. The first-order valence-corrected chi connectivity index (χ1v) is 12.7. The van der Waals surface area contributed by atoms with Crippen LogP contribution in [-0.4, -0.2) is 40.8 Å². The lowest BCUT2D eigenvalue weighted by atomic mass is 9.89. The molecule has 9 nitrogen and oxygen atoms in total. The van der Waals surface area contributed by atoms with Crippen molar-refractivity contribution in [1.82, 2.24) is 9.97 Å². The molecule has 1 saturated heterocycles. The van der Waals surface area contributed by atoms with Gasteiger partial charge in [-0.3, -0.25) is 14.4 Å². The molecule has 196 valence electrons. The Morgan fingerprint density at radius 1 is 0.744 bits per heavy atom. The van der Waals surface area contributed by atoms with Crippen LogP contribution in [0, 0.1) is 0 Å². The first kappa shape index (κ1) is 25.6. The van der Waals surface area contributed by atoms with E-state index in [2.05, 4.69) is 20.2 Å². The molecule has 1 aliphatic rings. The molecule has 0 saturated carbocycles. The van der Waals surface area contributed by atoms with Gasteiger partial charge in [-0.05, 0) is 49.1 Å². The van der Waals surface area contributed by atoms with Crippen LogP contribution in [0.15, 0.2) is 79.1 Å². The number of piperidine rings is 1. The van der Waals surface area contributed by atoms with E-state index in [1.165, 1.54) is 30.6 Å². The Morgan fingerprint density at radius 2 is 1.38 bits per heavy atom. The van der Waals surface area contributed by atoms with E-state index < -0.39 is 17.7 Å². The number of rotatable bonds is 7. The Balaban J connectivity index is 1.57. The summed E-state index contributed by atoms with van der Waals surface area (Å²) in [4.78, 5) is 49.4. The summed E-state index contributed by atoms with van der Waals surface area (Å²) in [6.45, 7) is 1.75. The number of carbonyl (C=O) groups is 3. The highest BCUT2D eigenvalue weighted by molar-refractivity contribution is 6.14. The smallest absolute Gasteiger partial charge is 0.256 e. The van der Waals surface area contributed by atoms with Gasteiger partial charge in [-0.15, -0.1) is 0 Å². The molecule has 0 spiro atoms. The van der Waals surface area contributed by atoms with Gasteiger partial charge >= 0.3 is 0 Å². The Kier molecular flexibility index (Phi) is 7.31. The third kappa shape index (κ3) is 5.47. The zero-order valence-corrected chi connectivity index (χ0v) is 21.3. The molecule has 1 fully saturated rings. The fraction of sp³-hybridized carbons (Fsp3) is 0.167. The van der Waals surface area contributed by atoms with Gasteiger partial charge < -0.3 is 21.7 Å². The quantitative estimate of drug-likeness (QED) is 0.332. The molecular weight excluding hydrogens is 492 g/mol. The first-order valence-electron chi connectivity index (χ1n) is 12.7. The maximum Gasteiger partial charge on any atom is 0.256 e. The van der Waals surface area contributed by atoms with E-state index in [-0.39, 0.29) is 22.3 Å². The van der Waals surface area contributed by atoms with Gasteiger partial charge in [-0.2, -0.15) is 0 Å². The van der Waals surface area contributed by atoms with Gasteiger partial charge in [0.2, 0.25) is 11.8 Å². The Morgan fingerprint density at radius 3 is 2.00 bits per heavy atom. The number of carbonyl (C=O) groups excluding carboxylic acids is 3. The minimum atomic E-state index is -0.732. The summed E-state index contributed by atoms with van der Waals surface area (Å²) < 4.78 is 0. The highest BCUT2D eigenvalue weighted by Gasteiger charge is 2.24. The van der Waals surface area contributed by atoms with Crippen LogP contribution in [0.3, 0.4) is 0 Å². The van der Waals surface area contributed by atoms with E-state index in [0.29, 0.717) is 17.1 Å². The predicted molar refractivity (Wildman–Crippen MR) is 150 cm³/mol. The van der Waals surface area contributed by atoms with Gasteiger partial charge in [0.25, 0.3) is 5.91 Å². The summed E-state index contributed by atoms with van der Waals surface area (Å²) in [5.41, 5.74) is 14.5. The Labute approximate surface area is 225 Å². The molecule has 39 heavy (non-hydrogen) atoms. The molecule has 0 aliphatic carbocycles. The highest BCUT2D eigenvalue weighted by Crippen LogP contribution is 2.34. The molecule has 3 aromatic carbocycles. The van der Waals surface area contributed by atoms with Crippen molar-refractivity contribution in [2.45, 2.75) is 19.3 Å². The number of nitrogens with two attached hydrogens (primary N) is 2. The van der Waals surface area contributed by atoms with Gasteiger partial charge in [0.05, 0.1) is 18.1 Å². The number of benzene rings is 3. The standard InChI is InChI=1S/C30H28N6O3/c31-27(37)23-10-7-11-24(28(32)38)26(23)22-13-12-21(36-14-5-2-6-15-36)16-25(22)30(39)35-20-17-33-29(34-18-20)19-8-3-1-4-9-19/h1,3-4,7-13,16-18H,2,5-6,14-15H2,(H2,31,37)(H2,32,38)(H,35,39). The summed E-state index contributed by atoms with van der Waals surface area (Å²) in [5, 5.41) is 2.86. The molecule has 0 unspecified atom stereocenters. The van der Waals surface area contributed by atoms with Crippen molar-refractivity contribution < 1.29 is 14.4 Å². The lowest BCUT2D eigenvalue weighted by Crippen LogP contribution is -2.29. The lowest BCUT2D eigenvalue weighted by molar-refractivity contribution is 0.0995. The van der Waals surface area contributed by atoms with Crippen molar-refractivity contribution in [2.75, 3.05) is 23.3 Å². The predicted octanol–water partition coefficient (Wildman–Crippen LogP) is 4.25. The second kappa shape index (κ2) is 11.1. The molecule has 2 heterocycles. The van der Waals surface area contributed by atoms with Gasteiger partial charge in [0, 0.05) is 46.6 Å². The summed E-state index contributed by atoms with van der Waals surface area (Å²) in [6, 6.07) is 19.5. The molecule has 5 N–H and O–H groups in total. The average Bonchev–Trinajstić information content (AvgIpc) is 2.97. The number of amides is 3. The second-order valence-corrected chi connectivity index (χ2v) is 9.35. The van der Waals surface area contributed by atoms with Crippen molar-refractivity contribution in [3.63, 3.8) is 0 Å². The van der Waals surface area contributed by atoms with Crippen molar-refractivity contribution in [2.24, 2.45) is 11.5 Å². The van der Waals surface area contributed by atoms with Crippen molar-refractivity contribution >= 4 is 29.1 Å². The van der Waals surface area contributed by atoms with Gasteiger partial charge in [0.1, 0.15) is 0 Å². The van der Waals surface area contributed by atoms with Crippen LogP contribution >= 0.6 is 0 Å². The maximum absolute atomic E-state index is 13.7. The minimum absolute atomic E-state index is 0.0987. The van der Waals surface area contributed by atoms with Crippen LogP contribution in [0.5, 0.6) is 0 Å². The van der Waals surface area contributed by atoms with Crippen molar-refractivity contribution in [1.29, 1.82) is 0 Å². The number of hydrogen-bond acceptors (Lipinski definition) is 6. The number of primary amides is 2. The normalized spacial score (nSPS) is 13.1.